The summed E-state index contributed by atoms with van der Waals surface area (Å²) in [5, 5.41) is 8.47. The molecule has 0 aliphatic rings. The number of nitrogens with one attached hydrogen (secondary N) is 2. The fraction of sp³-hybridized carbons (Fsp3) is 0.111. The quantitative estimate of drug-likeness (QED) is 0.652. The number of pyridine rings is 1. The molecule has 134 valence electrons. The van der Waals surface area contributed by atoms with E-state index in [-0.39, 0.29) is 10.5 Å². The van der Waals surface area contributed by atoms with Crippen molar-refractivity contribution >= 4 is 32.5 Å². The molecular weight excluding hydrogens is 354 g/mol. The van der Waals surface area contributed by atoms with Gasteiger partial charge in [-0.2, -0.15) is 0 Å². The van der Waals surface area contributed by atoms with E-state index in [0.717, 1.165) is 0 Å². The van der Waals surface area contributed by atoms with E-state index >= 15 is 0 Å². The van der Waals surface area contributed by atoms with Crippen LogP contribution < -0.4 is 16.0 Å². The van der Waals surface area contributed by atoms with Gasteiger partial charge in [-0.15, -0.1) is 0 Å². The predicted octanol–water partition coefficient (Wildman–Crippen LogP) is 2.04. The van der Waals surface area contributed by atoms with E-state index in [1.165, 1.54) is 18.2 Å². The molecular formula is C18H17N3O4S. The van der Waals surface area contributed by atoms with Crippen LogP contribution in [-0.2, 0) is 10.0 Å². The highest BCUT2D eigenvalue weighted by atomic mass is 32.2. The Balaban J connectivity index is 2.10. The van der Waals surface area contributed by atoms with Crippen molar-refractivity contribution in [2.75, 3.05) is 5.32 Å². The van der Waals surface area contributed by atoms with Crippen molar-refractivity contribution in [3.05, 3.63) is 69.5 Å². The number of aryl methyl sites for hydroxylation is 1. The van der Waals surface area contributed by atoms with Crippen LogP contribution in [0.2, 0.25) is 0 Å². The number of H-pyrrole nitrogens is 1. The van der Waals surface area contributed by atoms with Crippen LogP contribution in [-0.4, -0.2) is 19.3 Å². The Hall–Kier alpha value is -2.97. The zero-order valence-electron chi connectivity index (χ0n) is 14.2. The molecule has 0 fully saturated rings. The molecule has 0 radical (unpaired) electrons. The second kappa shape index (κ2) is 6.40. The SMILES string of the molecule is Cc1cc(S(N)(=O)=O)cc(NC(=O)c2cc(=O)[nH]c3ccccc23)c1C. The van der Waals surface area contributed by atoms with Crippen molar-refractivity contribution in [1.29, 1.82) is 0 Å². The minimum absolute atomic E-state index is 0.0910. The Bertz CT molecular complexity index is 1200. The molecule has 26 heavy (non-hydrogen) atoms. The first-order valence-electron chi connectivity index (χ1n) is 7.74. The van der Waals surface area contributed by atoms with Crippen LogP contribution in [0.15, 0.2) is 52.2 Å². The number of nitrogens with two attached hydrogens (primary N) is 1. The van der Waals surface area contributed by atoms with Gasteiger partial charge in [-0.25, -0.2) is 13.6 Å². The van der Waals surface area contributed by atoms with Gasteiger partial charge in [0.15, 0.2) is 0 Å². The number of rotatable bonds is 3. The summed E-state index contributed by atoms with van der Waals surface area (Å²) < 4.78 is 23.3. The van der Waals surface area contributed by atoms with Gasteiger partial charge in [0.25, 0.3) is 5.91 Å². The zero-order valence-corrected chi connectivity index (χ0v) is 15.0. The van der Waals surface area contributed by atoms with Gasteiger partial charge in [0, 0.05) is 22.7 Å². The van der Waals surface area contributed by atoms with Gasteiger partial charge in [0.05, 0.1) is 10.5 Å². The van der Waals surface area contributed by atoms with Crippen molar-refractivity contribution < 1.29 is 13.2 Å². The van der Waals surface area contributed by atoms with Crippen LogP contribution >= 0.6 is 0 Å². The monoisotopic (exact) mass is 371 g/mol. The van der Waals surface area contributed by atoms with Crippen LogP contribution in [0.3, 0.4) is 0 Å². The highest BCUT2D eigenvalue weighted by Crippen LogP contribution is 2.25. The molecule has 1 aromatic heterocycles. The molecule has 2 aromatic carbocycles. The van der Waals surface area contributed by atoms with Crippen molar-refractivity contribution in [2.24, 2.45) is 5.14 Å². The van der Waals surface area contributed by atoms with Crippen LogP contribution in [0.25, 0.3) is 10.9 Å². The number of hydrogen-bond donors (Lipinski definition) is 3. The average Bonchev–Trinajstić information content (AvgIpc) is 2.56. The lowest BCUT2D eigenvalue weighted by Gasteiger charge is -2.13. The predicted molar refractivity (Wildman–Crippen MR) is 99.8 cm³/mol. The lowest BCUT2D eigenvalue weighted by Crippen LogP contribution is -2.18. The topological polar surface area (TPSA) is 122 Å². The Labute approximate surface area is 149 Å². The second-order valence-electron chi connectivity index (χ2n) is 6.00. The summed E-state index contributed by atoms with van der Waals surface area (Å²) in [6, 6.07) is 10.9. The Morgan fingerprint density at radius 3 is 2.50 bits per heavy atom. The third-order valence-electron chi connectivity index (χ3n) is 4.21. The molecule has 7 nitrogen and oxygen atoms in total. The molecule has 1 heterocycles. The molecule has 0 saturated heterocycles. The number of anilines is 1. The first kappa shape index (κ1) is 17.8. The molecule has 0 spiro atoms. The third-order valence-corrected chi connectivity index (χ3v) is 5.11. The molecule has 0 atom stereocenters. The number of aromatic nitrogens is 1. The maximum absolute atomic E-state index is 12.8. The van der Waals surface area contributed by atoms with E-state index in [4.69, 9.17) is 5.14 Å². The normalized spacial score (nSPS) is 11.5. The van der Waals surface area contributed by atoms with Crippen molar-refractivity contribution in [2.45, 2.75) is 18.7 Å². The van der Waals surface area contributed by atoms with Crippen LogP contribution in [0.1, 0.15) is 21.5 Å². The summed E-state index contributed by atoms with van der Waals surface area (Å²) in [7, 11) is -3.91. The molecule has 3 rings (SSSR count). The summed E-state index contributed by atoms with van der Waals surface area (Å²) in [6.07, 6.45) is 0. The molecule has 8 heteroatoms. The van der Waals surface area contributed by atoms with E-state index in [0.29, 0.717) is 27.7 Å². The number of benzene rings is 2. The third kappa shape index (κ3) is 3.37. The minimum atomic E-state index is -3.91. The van der Waals surface area contributed by atoms with Crippen LogP contribution in [0, 0.1) is 13.8 Å². The van der Waals surface area contributed by atoms with Crippen molar-refractivity contribution in [3.63, 3.8) is 0 Å². The fourth-order valence-corrected chi connectivity index (χ4v) is 3.33. The molecule has 4 N–H and O–H groups in total. The zero-order chi connectivity index (χ0) is 19.1. The molecule has 0 aliphatic heterocycles. The molecule has 0 bridgehead atoms. The number of hydrogen-bond acceptors (Lipinski definition) is 4. The maximum atomic E-state index is 12.8. The van der Waals surface area contributed by atoms with Crippen molar-refractivity contribution in [1.82, 2.24) is 4.98 Å². The Kier molecular flexibility index (Phi) is 4.39. The van der Waals surface area contributed by atoms with E-state index in [9.17, 15) is 18.0 Å². The lowest BCUT2D eigenvalue weighted by molar-refractivity contribution is 0.102. The minimum Gasteiger partial charge on any atom is -0.322 e. The molecule has 0 saturated carbocycles. The van der Waals surface area contributed by atoms with E-state index in [1.54, 1.807) is 38.1 Å². The van der Waals surface area contributed by atoms with E-state index < -0.39 is 21.5 Å². The number of para-hydroxylation sites is 1. The number of carbonyl (C=O) groups is 1. The van der Waals surface area contributed by atoms with Gasteiger partial charge < -0.3 is 10.3 Å². The first-order valence-corrected chi connectivity index (χ1v) is 9.29. The number of fused-ring (bicyclic) bond motifs is 1. The molecule has 1 amide bonds. The van der Waals surface area contributed by atoms with Gasteiger partial charge in [-0.3, -0.25) is 9.59 Å². The summed E-state index contributed by atoms with van der Waals surface area (Å²) in [5.41, 5.74) is 2.03. The van der Waals surface area contributed by atoms with Crippen molar-refractivity contribution in [3.8, 4) is 0 Å². The highest BCUT2D eigenvalue weighted by molar-refractivity contribution is 7.89. The Morgan fingerprint density at radius 1 is 1.12 bits per heavy atom. The molecule has 0 aliphatic carbocycles. The van der Waals surface area contributed by atoms with E-state index in [2.05, 4.69) is 10.3 Å². The van der Waals surface area contributed by atoms with Gasteiger partial charge in [-0.1, -0.05) is 18.2 Å². The standard InChI is InChI=1S/C18H17N3O4S/c1-10-7-12(26(19,24)25)8-16(11(10)2)21-18(23)14-9-17(22)20-15-6-4-3-5-13(14)15/h3-9H,1-2H3,(H,20,22)(H,21,23)(H2,19,24,25). The summed E-state index contributed by atoms with van der Waals surface area (Å²) in [6.45, 7) is 3.48. The lowest BCUT2D eigenvalue weighted by atomic mass is 10.1. The van der Waals surface area contributed by atoms with Gasteiger partial charge in [-0.05, 0) is 43.2 Å². The number of amides is 1. The maximum Gasteiger partial charge on any atom is 0.256 e. The summed E-state index contributed by atoms with van der Waals surface area (Å²) >= 11 is 0. The van der Waals surface area contributed by atoms with Crippen LogP contribution in [0.4, 0.5) is 5.69 Å². The smallest absolute Gasteiger partial charge is 0.256 e. The largest absolute Gasteiger partial charge is 0.322 e. The van der Waals surface area contributed by atoms with Crippen LogP contribution in [0.5, 0.6) is 0 Å². The highest BCUT2D eigenvalue weighted by Gasteiger charge is 2.16. The summed E-state index contributed by atoms with van der Waals surface area (Å²) in [4.78, 5) is 27.2. The number of sulfonamides is 1. The van der Waals surface area contributed by atoms with Gasteiger partial charge in [0.2, 0.25) is 15.6 Å². The second-order valence-corrected chi connectivity index (χ2v) is 7.57. The van der Waals surface area contributed by atoms with E-state index in [1.807, 2.05) is 0 Å². The van der Waals surface area contributed by atoms with Gasteiger partial charge in [0.1, 0.15) is 0 Å². The number of carbonyl (C=O) groups excluding carboxylic acids is 1. The Morgan fingerprint density at radius 2 is 1.81 bits per heavy atom. The summed E-state index contributed by atoms with van der Waals surface area (Å²) in [5.74, 6) is -0.513. The number of primary sulfonamides is 1. The first-order chi connectivity index (χ1) is 12.2. The average molecular weight is 371 g/mol. The number of aromatic amines is 1. The molecule has 0 unspecified atom stereocenters. The fourth-order valence-electron chi connectivity index (χ4n) is 2.70. The van der Waals surface area contributed by atoms with Gasteiger partial charge >= 0.3 is 0 Å². The molecule has 3 aromatic rings.